The molecule has 0 atom stereocenters. The van der Waals surface area contributed by atoms with Crippen molar-refractivity contribution in [3.05, 3.63) is 51.2 Å². The standard InChI is InChI=1S/C13H12F2N2OS/c1-7-5-19-6-8(7)4-17-13(18)9-2-12(16)11(15)3-10(9)14/h2-3,5-6H,4,16H2,1H3,(H,17,18). The first-order chi connectivity index (χ1) is 8.99. The van der Waals surface area contributed by atoms with Crippen LogP contribution >= 0.6 is 11.3 Å². The van der Waals surface area contributed by atoms with Gasteiger partial charge in [-0.1, -0.05) is 0 Å². The van der Waals surface area contributed by atoms with Crippen molar-refractivity contribution < 1.29 is 13.6 Å². The molecule has 0 aliphatic heterocycles. The van der Waals surface area contributed by atoms with E-state index >= 15 is 0 Å². The molecule has 1 heterocycles. The lowest BCUT2D eigenvalue weighted by atomic mass is 10.1. The quantitative estimate of drug-likeness (QED) is 0.850. The van der Waals surface area contributed by atoms with Gasteiger partial charge in [-0.05, 0) is 34.9 Å². The van der Waals surface area contributed by atoms with Crippen molar-refractivity contribution in [2.75, 3.05) is 5.73 Å². The van der Waals surface area contributed by atoms with E-state index in [1.54, 1.807) is 0 Å². The first-order valence-corrected chi connectivity index (χ1v) is 6.47. The highest BCUT2D eigenvalue weighted by Crippen LogP contribution is 2.17. The minimum absolute atomic E-state index is 0.252. The van der Waals surface area contributed by atoms with E-state index in [-0.39, 0.29) is 11.3 Å². The number of anilines is 1. The molecule has 3 nitrogen and oxygen atoms in total. The van der Waals surface area contributed by atoms with Crippen molar-refractivity contribution in [1.82, 2.24) is 5.32 Å². The van der Waals surface area contributed by atoms with Crippen molar-refractivity contribution in [2.24, 2.45) is 0 Å². The second-order valence-electron chi connectivity index (χ2n) is 4.12. The van der Waals surface area contributed by atoms with Gasteiger partial charge in [0.1, 0.15) is 11.6 Å². The number of rotatable bonds is 3. The average Bonchev–Trinajstić information content (AvgIpc) is 2.76. The van der Waals surface area contributed by atoms with Gasteiger partial charge < -0.3 is 11.1 Å². The number of thiophene rings is 1. The summed E-state index contributed by atoms with van der Waals surface area (Å²) in [5.74, 6) is -2.41. The number of carbonyl (C=O) groups excluding carboxylic acids is 1. The van der Waals surface area contributed by atoms with Gasteiger partial charge in [0.2, 0.25) is 0 Å². The molecule has 1 amide bonds. The second-order valence-corrected chi connectivity index (χ2v) is 4.86. The summed E-state index contributed by atoms with van der Waals surface area (Å²) in [5, 5.41) is 6.44. The Morgan fingerprint density at radius 2 is 2.05 bits per heavy atom. The Bertz CT molecular complexity index is 625. The summed E-state index contributed by atoms with van der Waals surface area (Å²) in [6.07, 6.45) is 0. The van der Waals surface area contributed by atoms with Crippen LogP contribution in [0.4, 0.5) is 14.5 Å². The van der Waals surface area contributed by atoms with Crippen molar-refractivity contribution >= 4 is 22.9 Å². The first kappa shape index (κ1) is 13.5. The van der Waals surface area contributed by atoms with Crippen LogP contribution < -0.4 is 11.1 Å². The van der Waals surface area contributed by atoms with Crippen LogP contribution in [-0.2, 0) is 6.54 Å². The van der Waals surface area contributed by atoms with Crippen molar-refractivity contribution in [1.29, 1.82) is 0 Å². The third-order valence-electron chi connectivity index (χ3n) is 2.73. The zero-order valence-corrected chi connectivity index (χ0v) is 11.0. The van der Waals surface area contributed by atoms with Crippen LogP contribution in [0.25, 0.3) is 0 Å². The number of nitrogens with two attached hydrogens (primary N) is 1. The maximum absolute atomic E-state index is 13.5. The van der Waals surface area contributed by atoms with Crippen LogP contribution in [-0.4, -0.2) is 5.91 Å². The Morgan fingerprint density at radius 3 is 2.68 bits per heavy atom. The number of halogens is 2. The lowest BCUT2D eigenvalue weighted by molar-refractivity contribution is 0.0947. The molecule has 1 aromatic heterocycles. The number of nitrogens with one attached hydrogen (secondary N) is 1. The molecule has 0 fully saturated rings. The minimum atomic E-state index is -0.925. The molecule has 19 heavy (non-hydrogen) atoms. The molecule has 0 saturated carbocycles. The summed E-state index contributed by atoms with van der Waals surface area (Å²) in [6, 6.07) is 1.61. The maximum Gasteiger partial charge on any atom is 0.254 e. The van der Waals surface area contributed by atoms with Crippen molar-refractivity contribution in [3.63, 3.8) is 0 Å². The molecule has 6 heteroatoms. The molecule has 0 unspecified atom stereocenters. The number of hydrogen-bond donors (Lipinski definition) is 2. The summed E-state index contributed by atoms with van der Waals surface area (Å²) in [5.41, 5.74) is 6.84. The Labute approximate surface area is 113 Å². The number of benzene rings is 1. The molecular weight excluding hydrogens is 270 g/mol. The fourth-order valence-corrected chi connectivity index (χ4v) is 2.44. The van der Waals surface area contributed by atoms with Gasteiger partial charge in [0.05, 0.1) is 11.3 Å². The third-order valence-corrected chi connectivity index (χ3v) is 3.64. The van der Waals surface area contributed by atoms with Crippen molar-refractivity contribution in [2.45, 2.75) is 13.5 Å². The molecule has 2 aromatic rings. The van der Waals surface area contributed by atoms with Crippen LogP contribution in [0.5, 0.6) is 0 Å². The zero-order chi connectivity index (χ0) is 14.0. The molecule has 1 aromatic carbocycles. The number of amides is 1. The van der Waals surface area contributed by atoms with E-state index in [2.05, 4.69) is 5.32 Å². The predicted molar refractivity (Wildman–Crippen MR) is 71.0 cm³/mol. The van der Waals surface area contributed by atoms with Gasteiger partial charge in [-0.25, -0.2) is 8.78 Å². The maximum atomic E-state index is 13.5. The fraction of sp³-hybridized carbons (Fsp3) is 0.154. The van der Waals surface area contributed by atoms with Gasteiger partial charge >= 0.3 is 0 Å². The van der Waals surface area contributed by atoms with Gasteiger partial charge in [0, 0.05) is 12.6 Å². The van der Waals surface area contributed by atoms with Gasteiger partial charge in [-0.15, -0.1) is 0 Å². The monoisotopic (exact) mass is 282 g/mol. The highest BCUT2D eigenvalue weighted by molar-refractivity contribution is 7.08. The molecule has 2 rings (SSSR count). The number of hydrogen-bond acceptors (Lipinski definition) is 3. The van der Waals surface area contributed by atoms with Crippen LogP contribution in [0.1, 0.15) is 21.5 Å². The molecule has 0 saturated heterocycles. The Kier molecular flexibility index (Phi) is 3.80. The third kappa shape index (κ3) is 2.90. The molecule has 0 spiro atoms. The topological polar surface area (TPSA) is 55.1 Å². The minimum Gasteiger partial charge on any atom is -0.396 e. The Hall–Kier alpha value is -1.95. The van der Waals surface area contributed by atoms with E-state index in [1.807, 2.05) is 17.7 Å². The fourth-order valence-electron chi connectivity index (χ4n) is 1.58. The zero-order valence-electron chi connectivity index (χ0n) is 10.2. The van der Waals surface area contributed by atoms with Gasteiger partial charge in [0.15, 0.2) is 0 Å². The SMILES string of the molecule is Cc1cscc1CNC(=O)c1cc(N)c(F)cc1F. The number of carbonyl (C=O) groups is 1. The molecule has 3 N–H and O–H groups in total. The van der Waals surface area contributed by atoms with Gasteiger partial charge in [-0.2, -0.15) is 11.3 Å². The Balaban J connectivity index is 2.12. The second kappa shape index (κ2) is 5.36. The lowest BCUT2D eigenvalue weighted by Gasteiger charge is -2.07. The largest absolute Gasteiger partial charge is 0.396 e. The molecule has 100 valence electrons. The summed E-state index contributed by atoms with van der Waals surface area (Å²) < 4.78 is 26.5. The van der Waals surface area contributed by atoms with Gasteiger partial charge in [0.25, 0.3) is 5.91 Å². The van der Waals surface area contributed by atoms with Crippen LogP contribution in [0.3, 0.4) is 0 Å². The van der Waals surface area contributed by atoms with Gasteiger partial charge in [-0.3, -0.25) is 4.79 Å². The molecule has 0 radical (unpaired) electrons. The van der Waals surface area contributed by atoms with Crippen LogP contribution in [0.2, 0.25) is 0 Å². The normalized spacial score (nSPS) is 10.5. The average molecular weight is 282 g/mol. The lowest BCUT2D eigenvalue weighted by Crippen LogP contribution is -2.24. The van der Waals surface area contributed by atoms with E-state index in [4.69, 9.17) is 5.73 Å². The van der Waals surface area contributed by atoms with E-state index in [9.17, 15) is 13.6 Å². The van der Waals surface area contributed by atoms with E-state index in [1.165, 1.54) is 11.3 Å². The Morgan fingerprint density at radius 1 is 1.32 bits per heavy atom. The van der Waals surface area contributed by atoms with E-state index in [0.717, 1.165) is 17.2 Å². The summed E-state index contributed by atoms with van der Waals surface area (Å²) >= 11 is 1.53. The molecule has 0 aliphatic rings. The molecule has 0 bridgehead atoms. The summed E-state index contributed by atoms with van der Waals surface area (Å²) in [6.45, 7) is 2.22. The number of aryl methyl sites for hydroxylation is 1. The van der Waals surface area contributed by atoms with Crippen LogP contribution in [0.15, 0.2) is 22.9 Å². The smallest absolute Gasteiger partial charge is 0.254 e. The van der Waals surface area contributed by atoms with E-state index < -0.39 is 17.5 Å². The highest BCUT2D eigenvalue weighted by Gasteiger charge is 2.15. The highest BCUT2D eigenvalue weighted by atomic mass is 32.1. The summed E-state index contributed by atoms with van der Waals surface area (Å²) in [4.78, 5) is 11.8. The predicted octanol–water partition coefficient (Wildman–Crippen LogP) is 2.85. The first-order valence-electron chi connectivity index (χ1n) is 5.53. The van der Waals surface area contributed by atoms with Crippen LogP contribution in [0, 0.1) is 18.6 Å². The molecule has 0 aliphatic carbocycles. The number of nitrogen functional groups attached to an aromatic ring is 1. The van der Waals surface area contributed by atoms with E-state index in [0.29, 0.717) is 12.6 Å². The van der Waals surface area contributed by atoms with Crippen molar-refractivity contribution in [3.8, 4) is 0 Å². The molecular formula is C13H12F2N2OS. The summed E-state index contributed by atoms with van der Waals surface area (Å²) in [7, 11) is 0.